The Morgan fingerprint density at radius 3 is 2.19 bits per heavy atom. The summed E-state index contributed by atoms with van der Waals surface area (Å²) >= 11 is 0. The number of piperidine rings is 1. The van der Waals surface area contributed by atoms with Crippen LogP contribution in [0.3, 0.4) is 0 Å². The van der Waals surface area contributed by atoms with Crippen LogP contribution in [-0.2, 0) is 20.0 Å². The molecule has 4 aromatic carbocycles. The number of nitrogens with one attached hydrogen (secondary N) is 2. The van der Waals surface area contributed by atoms with Gasteiger partial charge >= 0.3 is 0 Å². The summed E-state index contributed by atoms with van der Waals surface area (Å²) in [5.41, 5.74) is 2.69. The topological polar surface area (TPSA) is 117 Å². The second-order valence-corrected chi connectivity index (χ2v) is 13.5. The average Bonchev–Trinajstić information content (AvgIpc) is 3.02. The molecule has 0 atom stereocenters. The van der Waals surface area contributed by atoms with Gasteiger partial charge in [-0.15, -0.1) is 4.40 Å². The Labute approximate surface area is 253 Å². The van der Waals surface area contributed by atoms with Crippen molar-refractivity contribution in [3.8, 4) is 5.75 Å². The Kier molecular flexibility index (Phi) is 9.02. The van der Waals surface area contributed by atoms with E-state index in [-0.39, 0.29) is 15.6 Å². The second kappa shape index (κ2) is 12.9. The Morgan fingerprint density at radius 1 is 0.814 bits per heavy atom. The van der Waals surface area contributed by atoms with Crippen LogP contribution in [0, 0.1) is 6.92 Å². The molecule has 2 N–H and O–H groups in total. The molecular weight excluding hydrogens is 585 g/mol. The van der Waals surface area contributed by atoms with Gasteiger partial charge in [0.2, 0.25) is 0 Å². The summed E-state index contributed by atoms with van der Waals surface area (Å²) in [4.78, 5) is 2.18. The van der Waals surface area contributed by atoms with Gasteiger partial charge in [-0.2, -0.15) is 8.42 Å². The number of nitrogens with zero attached hydrogens (tertiary/aromatic N) is 2. The zero-order valence-electron chi connectivity index (χ0n) is 24.0. The maximum Gasteiger partial charge on any atom is 0.284 e. The van der Waals surface area contributed by atoms with Gasteiger partial charge in [0.25, 0.3) is 20.0 Å². The number of benzene rings is 4. The van der Waals surface area contributed by atoms with Crippen LogP contribution in [0.1, 0.15) is 30.4 Å². The van der Waals surface area contributed by atoms with E-state index in [1.807, 2.05) is 13.0 Å². The molecule has 0 saturated carbocycles. The van der Waals surface area contributed by atoms with Gasteiger partial charge in [-0.3, -0.25) is 4.72 Å². The molecule has 1 fully saturated rings. The van der Waals surface area contributed by atoms with Crippen molar-refractivity contribution >= 4 is 42.9 Å². The average molecular weight is 619 g/mol. The van der Waals surface area contributed by atoms with E-state index in [9.17, 15) is 16.8 Å². The summed E-state index contributed by atoms with van der Waals surface area (Å²) in [5, 5.41) is 3.10. The molecule has 1 aliphatic heterocycles. The van der Waals surface area contributed by atoms with Crippen LogP contribution >= 0.6 is 0 Å². The number of hydrogen-bond acceptors (Lipinski definition) is 6. The number of aryl methyl sites for hydroxylation is 1. The van der Waals surface area contributed by atoms with Gasteiger partial charge in [0.15, 0.2) is 5.84 Å². The van der Waals surface area contributed by atoms with E-state index in [0.717, 1.165) is 37.9 Å². The molecular formula is C32H34N4O5S2. The van der Waals surface area contributed by atoms with Gasteiger partial charge in [0.1, 0.15) is 10.6 Å². The van der Waals surface area contributed by atoms with E-state index in [1.165, 1.54) is 25.3 Å². The second-order valence-electron chi connectivity index (χ2n) is 10.3. The summed E-state index contributed by atoms with van der Waals surface area (Å²) < 4.78 is 66.7. The smallest absolute Gasteiger partial charge is 0.284 e. The number of sulfonamides is 2. The number of para-hydroxylation sites is 2. The fourth-order valence-electron chi connectivity index (χ4n) is 4.90. The van der Waals surface area contributed by atoms with Gasteiger partial charge in [-0.05, 0) is 68.7 Å². The highest BCUT2D eigenvalue weighted by Crippen LogP contribution is 2.34. The minimum Gasteiger partial charge on any atom is -0.495 e. The molecule has 1 heterocycles. The van der Waals surface area contributed by atoms with Gasteiger partial charge in [-0.1, -0.05) is 60.2 Å². The monoisotopic (exact) mass is 618 g/mol. The molecule has 0 bridgehead atoms. The van der Waals surface area contributed by atoms with Crippen LogP contribution in [-0.4, -0.2) is 42.9 Å². The molecule has 224 valence electrons. The van der Waals surface area contributed by atoms with Gasteiger partial charge < -0.3 is 15.0 Å². The van der Waals surface area contributed by atoms with E-state index in [0.29, 0.717) is 28.4 Å². The minimum atomic E-state index is -4.10. The van der Waals surface area contributed by atoms with Crippen LogP contribution < -0.4 is 19.7 Å². The van der Waals surface area contributed by atoms with Crippen molar-refractivity contribution in [3.05, 3.63) is 108 Å². The predicted molar refractivity (Wildman–Crippen MR) is 171 cm³/mol. The Morgan fingerprint density at radius 2 is 1.49 bits per heavy atom. The molecule has 43 heavy (non-hydrogen) atoms. The van der Waals surface area contributed by atoms with E-state index < -0.39 is 20.0 Å². The number of rotatable bonds is 9. The van der Waals surface area contributed by atoms with Crippen molar-refractivity contribution in [1.29, 1.82) is 0 Å². The summed E-state index contributed by atoms with van der Waals surface area (Å²) in [5.74, 6) is 0.451. The maximum absolute atomic E-state index is 13.9. The third kappa shape index (κ3) is 7.18. The number of methoxy groups -OCH3 is 1. The lowest BCUT2D eigenvalue weighted by molar-refractivity contribution is 0.417. The van der Waals surface area contributed by atoms with Crippen molar-refractivity contribution in [3.63, 3.8) is 0 Å². The lowest BCUT2D eigenvalue weighted by Crippen LogP contribution is -2.31. The van der Waals surface area contributed by atoms with E-state index >= 15 is 0 Å². The first kappa shape index (κ1) is 30.1. The molecule has 1 saturated heterocycles. The zero-order valence-corrected chi connectivity index (χ0v) is 25.7. The van der Waals surface area contributed by atoms with Crippen molar-refractivity contribution in [2.24, 2.45) is 4.40 Å². The molecule has 0 amide bonds. The van der Waals surface area contributed by atoms with Crippen molar-refractivity contribution in [2.45, 2.75) is 36.0 Å². The lowest BCUT2D eigenvalue weighted by atomic mass is 10.1. The van der Waals surface area contributed by atoms with Gasteiger partial charge in [0.05, 0.1) is 23.4 Å². The standard InChI is InChI=1S/C32H34N4O5S2/c1-24-15-18-27(19-16-24)42(37,38)35-32(25-11-5-3-6-12-25)33-26-17-20-29(36-21-9-4-10-22-36)31(23-26)43(39,40)34-28-13-7-8-14-30(28)41-2/h3,5-8,11-20,23,34H,4,9-10,21-22H2,1-2H3,(H,33,35). The molecule has 1 aliphatic rings. The largest absolute Gasteiger partial charge is 0.495 e. The third-order valence-electron chi connectivity index (χ3n) is 7.14. The number of amidine groups is 1. The maximum atomic E-state index is 13.9. The fourth-order valence-corrected chi connectivity index (χ4v) is 7.19. The number of ether oxygens (including phenoxy) is 1. The fraction of sp³-hybridized carbons (Fsp3) is 0.219. The first-order chi connectivity index (χ1) is 20.7. The Balaban J connectivity index is 1.58. The highest BCUT2D eigenvalue weighted by Gasteiger charge is 2.26. The van der Waals surface area contributed by atoms with Crippen molar-refractivity contribution in [1.82, 2.24) is 0 Å². The molecule has 0 unspecified atom stereocenters. The first-order valence-electron chi connectivity index (χ1n) is 14.0. The number of anilines is 3. The quantitative estimate of drug-likeness (QED) is 0.173. The van der Waals surface area contributed by atoms with Crippen LogP contribution in [0.5, 0.6) is 5.75 Å². The Hall–Kier alpha value is -4.35. The SMILES string of the molecule is COc1ccccc1NS(=O)(=O)c1cc(N/C(=N\S(=O)(=O)c2ccc(C)cc2)c2ccccc2)ccc1N1CCCCC1. The molecule has 11 heteroatoms. The third-order valence-corrected chi connectivity index (χ3v) is 9.82. The molecule has 4 aromatic rings. The van der Waals surface area contributed by atoms with Crippen LogP contribution in [0.2, 0.25) is 0 Å². The van der Waals surface area contributed by atoms with Crippen LogP contribution in [0.25, 0.3) is 0 Å². The highest BCUT2D eigenvalue weighted by molar-refractivity contribution is 7.93. The molecule has 0 radical (unpaired) electrons. The van der Waals surface area contributed by atoms with Crippen molar-refractivity contribution < 1.29 is 21.6 Å². The first-order valence-corrected chi connectivity index (χ1v) is 16.9. The molecule has 0 spiro atoms. The van der Waals surface area contributed by atoms with E-state index in [1.54, 1.807) is 72.8 Å². The molecule has 5 rings (SSSR count). The van der Waals surface area contributed by atoms with Crippen molar-refractivity contribution in [2.75, 3.05) is 35.1 Å². The molecule has 9 nitrogen and oxygen atoms in total. The number of hydrogen-bond donors (Lipinski definition) is 2. The van der Waals surface area contributed by atoms with Gasteiger partial charge in [0, 0.05) is 24.3 Å². The lowest BCUT2D eigenvalue weighted by Gasteiger charge is -2.31. The van der Waals surface area contributed by atoms with Gasteiger partial charge in [-0.25, -0.2) is 8.42 Å². The zero-order chi connectivity index (χ0) is 30.5. The van der Waals surface area contributed by atoms with E-state index in [2.05, 4.69) is 19.3 Å². The molecule has 0 aliphatic carbocycles. The van der Waals surface area contributed by atoms with Crippen LogP contribution in [0.4, 0.5) is 17.1 Å². The highest BCUT2D eigenvalue weighted by atomic mass is 32.2. The van der Waals surface area contributed by atoms with Crippen LogP contribution in [0.15, 0.2) is 111 Å². The summed E-state index contributed by atoms with van der Waals surface area (Å²) in [6.07, 6.45) is 3.01. The predicted octanol–water partition coefficient (Wildman–Crippen LogP) is 6.04. The Bertz CT molecular complexity index is 1820. The normalized spacial score (nSPS) is 14.3. The summed E-state index contributed by atoms with van der Waals surface area (Å²) in [6.45, 7) is 3.34. The van der Waals surface area contributed by atoms with E-state index in [4.69, 9.17) is 4.74 Å². The minimum absolute atomic E-state index is 0.0538. The summed E-state index contributed by atoms with van der Waals surface area (Å²) in [6, 6.07) is 27.1. The molecule has 0 aromatic heterocycles. The summed E-state index contributed by atoms with van der Waals surface area (Å²) in [7, 11) is -6.71.